The standard InChI is InChI=1S/C17H21F3N4O3S/c1-12(2)16-21-15(27-22-16)11-23-6-8-24(9-7-23)28(25,26)14-5-3-4-13(10-14)17(18,19)20/h3-5,10,12H,6-9,11H2,1-2H3. The van der Waals surface area contributed by atoms with E-state index < -0.39 is 21.8 Å². The van der Waals surface area contributed by atoms with Crippen molar-refractivity contribution >= 4 is 10.0 Å². The van der Waals surface area contributed by atoms with Crippen molar-refractivity contribution in [1.29, 1.82) is 0 Å². The molecule has 2 heterocycles. The molecule has 0 spiro atoms. The fourth-order valence-electron chi connectivity index (χ4n) is 2.87. The summed E-state index contributed by atoms with van der Waals surface area (Å²) in [5, 5.41) is 3.89. The molecule has 3 rings (SSSR count). The highest BCUT2D eigenvalue weighted by atomic mass is 32.2. The molecule has 1 aromatic heterocycles. The molecule has 0 radical (unpaired) electrons. The van der Waals surface area contributed by atoms with Crippen LogP contribution in [0.2, 0.25) is 0 Å². The van der Waals surface area contributed by atoms with Gasteiger partial charge in [-0.15, -0.1) is 0 Å². The summed E-state index contributed by atoms with van der Waals surface area (Å²) in [6.45, 7) is 5.47. The first-order chi connectivity index (χ1) is 13.1. The van der Waals surface area contributed by atoms with E-state index >= 15 is 0 Å². The van der Waals surface area contributed by atoms with Crippen LogP contribution in [0.4, 0.5) is 13.2 Å². The second-order valence-corrected chi connectivity index (χ2v) is 8.84. The van der Waals surface area contributed by atoms with Crippen LogP contribution in [-0.2, 0) is 22.7 Å². The van der Waals surface area contributed by atoms with Crippen LogP contribution in [0.1, 0.15) is 37.0 Å². The highest BCUT2D eigenvalue weighted by molar-refractivity contribution is 7.89. The molecule has 7 nitrogen and oxygen atoms in total. The van der Waals surface area contributed by atoms with Crippen LogP contribution < -0.4 is 0 Å². The van der Waals surface area contributed by atoms with Crippen LogP contribution in [-0.4, -0.2) is 53.9 Å². The number of piperazine rings is 1. The van der Waals surface area contributed by atoms with Crippen LogP contribution in [0, 0.1) is 0 Å². The lowest BCUT2D eigenvalue weighted by molar-refractivity contribution is -0.137. The normalized spacial score (nSPS) is 17.4. The summed E-state index contributed by atoms with van der Waals surface area (Å²) in [6, 6.07) is 3.82. The monoisotopic (exact) mass is 418 g/mol. The first kappa shape index (κ1) is 20.7. The van der Waals surface area contributed by atoms with E-state index in [2.05, 4.69) is 10.1 Å². The maximum Gasteiger partial charge on any atom is 0.416 e. The van der Waals surface area contributed by atoms with Gasteiger partial charge >= 0.3 is 6.18 Å². The molecule has 0 atom stereocenters. The van der Waals surface area contributed by atoms with Crippen LogP contribution in [0.15, 0.2) is 33.7 Å². The minimum absolute atomic E-state index is 0.145. The Hall–Kier alpha value is -1.98. The van der Waals surface area contributed by atoms with Crippen LogP contribution in [0.3, 0.4) is 0 Å². The summed E-state index contributed by atoms with van der Waals surface area (Å²) in [5.41, 5.74) is -0.982. The first-order valence-corrected chi connectivity index (χ1v) is 10.2. The summed E-state index contributed by atoms with van der Waals surface area (Å²) in [7, 11) is -3.99. The number of hydrogen-bond donors (Lipinski definition) is 0. The number of sulfonamides is 1. The quantitative estimate of drug-likeness (QED) is 0.743. The van der Waals surface area contributed by atoms with Crippen molar-refractivity contribution in [2.45, 2.75) is 37.4 Å². The van der Waals surface area contributed by atoms with E-state index in [-0.39, 0.29) is 23.9 Å². The van der Waals surface area contributed by atoms with Crippen molar-refractivity contribution in [2.75, 3.05) is 26.2 Å². The van der Waals surface area contributed by atoms with E-state index in [1.165, 1.54) is 10.4 Å². The van der Waals surface area contributed by atoms with Gasteiger partial charge in [0.15, 0.2) is 5.82 Å². The van der Waals surface area contributed by atoms with Crippen molar-refractivity contribution in [3.63, 3.8) is 0 Å². The van der Waals surface area contributed by atoms with E-state index in [9.17, 15) is 21.6 Å². The number of benzene rings is 1. The van der Waals surface area contributed by atoms with Gasteiger partial charge in [0.2, 0.25) is 15.9 Å². The van der Waals surface area contributed by atoms with Crippen molar-refractivity contribution < 1.29 is 26.1 Å². The zero-order valence-corrected chi connectivity index (χ0v) is 16.3. The zero-order valence-electron chi connectivity index (χ0n) is 15.5. The smallest absolute Gasteiger partial charge is 0.338 e. The summed E-state index contributed by atoms with van der Waals surface area (Å²) in [5.74, 6) is 1.21. The molecule has 0 N–H and O–H groups in total. The van der Waals surface area contributed by atoms with Gasteiger partial charge in [0, 0.05) is 32.1 Å². The van der Waals surface area contributed by atoms with Crippen LogP contribution >= 0.6 is 0 Å². The number of alkyl halides is 3. The Bertz CT molecular complexity index is 920. The third-order valence-electron chi connectivity index (χ3n) is 4.49. The average Bonchev–Trinajstić information content (AvgIpc) is 3.10. The van der Waals surface area contributed by atoms with Gasteiger partial charge in [0.25, 0.3) is 0 Å². The highest BCUT2D eigenvalue weighted by Crippen LogP contribution is 2.31. The van der Waals surface area contributed by atoms with Gasteiger partial charge < -0.3 is 4.52 Å². The Morgan fingerprint density at radius 1 is 1.18 bits per heavy atom. The largest absolute Gasteiger partial charge is 0.416 e. The molecule has 154 valence electrons. The maximum atomic E-state index is 12.9. The van der Waals surface area contributed by atoms with Gasteiger partial charge in [-0.1, -0.05) is 25.1 Å². The lowest BCUT2D eigenvalue weighted by Crippen LogP contribution is -2.48. The molecular formula is C17H21F3N4O3S. The number of nitrogens with zero attached hydrogens (tertiary/aromatic N) is 4. The molecule has 1 aromatic carbocycles. The molecule has 28 heavy (non-hydrogen) atoms. The first-order valence-electron chi connectivity index (χ1n) is 8.79. The summed E-state index contributed by atoms with van der Waals surface area (Å²) in [6.07, 6.45) is -4.59. The predicted octanol–water partition coefficient (Wildman–Crippen LogP) is 2.72. The Kier molecular flexibility index (Phi) is 5.78. The van der Waals surface area contributed by atoms with Crippen LogP contribution in [0.5, 0.6) is 0 Å². The summed E-state index contributed by atoms with van der Waals surface area (Å²) < 4.78 is 70.4. The van der Waals surface area contributed by atoms with E-state index in [4.69, 9.17) is 4.52 Å². The number of aromatic nitrogens is 2. The SMILES string of the molecule is CC(C)c1noc(CN2CCN(S(=O)(=O)c3cccc(C(F)(F)F)c3)CC2)n1. The van der Waals surface area contributed by atoms with E-state index in [1.54, 1.807) is 0 Å². The molecule has 0 aliphatic carbocycles. The third kappa shape index (κ3) is 4.53. The lowest BCUT2D eigenvalue weighted by Gasteiger charge is -2.33. The van der Waals surface area contributed by atoms with Crippen molar-refractivity contribution in [3.8, 4) is 0 Å². The predicted molar refractivity (Wildman–Crippen MR) is 93.9 cm³/mol. The van der Waals surface area contributed by atoms with Gasteiger partial charge in [-0.25, -0.2) is 8.42 Å². The lowest BCUT2D eigenvalue weighted by atomic mass is 10.2. The fraction of sp³-hybridized carbons (Fsp3) is 0.529. The van der Waals surface area contributed by atoms with Crippen molar-refractivity contribution in [1.82, 2.24) is 19.3 Å². The van der Waals surface area contributed by atoms with Crippen molar-refractivity contribution in [2.24, 2.45) is 0 Å². The van der Waals surface area contributed by atoms with Gasteiger partial charge in [-0.3, -0.25) is 4.90 Å². The molecule has 0 bridgehead atoms. The molecular weight excluding hydrogens is 397 g/mol. The second-order valence-electron chi connectivity index (χ2n) is 6.91. The number of rotatable bonds is 5. The molecule has 1 aliphatic rings. The summed E-state index contributed by atoms with van der Waals surface area (Å²) >= 11 is 0. The zero-order chi connectivity index (χ0) is 20.5. The minimum Gasteiger partial charge on any atom is -0.338 e. The van der Waals surface area contributed by atoms with E-state index in [1.807, 2.05) is 18.7 Å². The van der Waals surface area contributed by atoms with E-state index in [0.29, 0.717) is 37.4 Å². The molecule has 0 amide bonds. The Balaban J connectivity index is 1.65. The average molecular weight is 418 g/mol. The van der Waals surface area contributed by atoms with Crippen molar-refractivity contribution in [3.05, 3.63) is 41.5 Å². The van der Waals surface area contributed by atoms with E-state index in [0.717, 1.165) is 12.1 Å². The molecule has 11 heteroatoms. The number of halogens is 3. The maximum absolute atomic E-state index is 12.9. The Morgan fingerprint density at radius 3 is 2.43 bits per heavy atom. The van der Waals surface area contributed by atoms with Crippen LogP contribution in [0.25, 0.3) is 0 Å². The topological polar surface area (TPSA) is 79.5 Å². The molecule has 2 aromatic rings. The fourth-order valence-corrected chi connectivity index (χ4v) is 4.34. The third-order valence-corrected chi connectivity index (χ3v) is 6.38. The molecule has 0 saturated carbocycles. The molecule has 1 fully saturated rings. The Labute approximate surface area is 161 Å². The van der Waals surface area contributed by atoms with Gasteiger partial charge in [-0.05, 0) is 18.2 Å². The Morgan fingerprint density at radius 2 is 1.86 bits per heavy atom. The summed E-state index contributed by atoms with van der Waals surface area (Å²) in [4.78, 5) is 5.91. The highest BCUT2D eigenvalue weighted by Gasteiger charge is 2.34. The second kappa shape index (κ2) is 7.80. The van der Waals surface area contributed by atoms with Gasteiger partial charge in [-0.2, -0.15) is 22.5 Å². The number of hydrogen-bond acceptors (Lipinski definition) is 6. The van der Waals surface area contributed by atoms with Gasteiger partial charge in [0.1, 0.15) is 0 Å². The van der Waals surface area contributed by atoms with Gasteiger partial charge in [0.05, 0.1) is 17.0 Å². The molecule has 0 unspecified atom stereocenters. The minimum atomic E-state index is -4.59. The molecule has 1 aliphatic heterocycles. The molecule has 1 saturated heterocycles.